The highest BCUT2D eigenvalue weighted by molar-refractivity contribution is 4.99. The first kappa shape index (κ1) is 9.44. The van der Waals surface area contributed by atoms with E-state index in [1.807, 2.05) is 0 Å². The number of rotatable bonds is 3. The van der Waals surface area contributed by atoms with E-state index in [9.17, 15) is 0 Å². The molecule has 2 aliphatic rings. The van der Waals surface area contributed by atoms with E-state index in [0.29, 0.717) is 6.04 Å². The van der Waals surface area contributed by atoms with Gasteiger partial charge in [0.2, 0.25) is 0 Å². The molecule has 0 aromatic carbocycles. The molecule has 1 aliphatic carbocycles. The Morgan fingerprint density at radius 3 is 2.77 bits per heavy atom. The van der Waals surface area contributed by atoms with Crippen molar-refractivity contribution < 1.29 is 0 Å². The number of nitrogens with two attached hydrogens (primary N) is 2. The Bertz CT molecular complexity index is 177. The lowest BCUT2D eigenvalue weighted by atomic mass is 10.1. The van der Waals surface area contributed by atoms with Crippen LogP contribution in [0, 0.1) is 0 Å². The normalized spacial score (nSPS) is 33.2. The third-order valence-corrected chi connectivity index (χ3v) is 3.36. The fourth-order valence-corrected chi connectivity index (χ4v) is 2.09. The van der Waals surface area contributed by atoms with Gasteiger partial charge in [-0.3, -0.25) is 0 Å². The minimum absolute atomic E-state index is 0.210. The molecule has 76 valence electrons. The van der Waals surface area contributed by atoms with Crippen LogP contribution in [0.25, 0.3) is 0 Å². The van der Waals surface area contributed by atoms with Crippen LogP contribution in [0.4, 0.5) is 0 Å². The van der Waals surface area contributed by atoms with Gasteiger partial charge in [0, 0.05) is 18.1 Å². The van der Waals surface area contributed by atoms with Crippen LogP contribution < -0.4 is 11.5 Å². The van der Waals surface area contributed by atoms with Crippen LogP contribution in [-0.4, -0.2) is 36.1 Å². The topological polar surface area (TPSA) is 55.3 Å². The van der Waals surface area contributed by atoms with Crippen molar-refractivity contribution in [2.24, 2.45) is 11.5 Å². The van der Waals surface area contributed by atoms with Gasteiger partial charge in [0.15, 0.2) is 0 Å². The van der Waals surface area contributed by atoms with Crippen LogP contribution in [0.2, 0.25) is 0 Å². The van der Waals surface area contributed by atoms with E-state index in [4.69, 9.17) is 11.5 Å². The molecule has 3 nitrogen and oxygen atoms in total. The molecule has 0 bridgehead atoms. The lowest BCUT2D eigenvalue weighted by Gasteiger charge is -2.31. The molecule has 13 heavy (non-hydrogen) atoms. The number of hydrogen-bond donors (Lipinski definition) is 2. The average Bonchev–Trinajstić information content (AvgIpc) is 2.82. The molecule has 2 rings (SSSR count). The molecule has 0 spiro atoms. The minimum Gasteiger partial charge on any atom is -0.327 e. The van der Waals surface area contributed by atoms with Gasteiger partial charge in [-0.05, 0) is 45.2 Å². The van der Waals surface area contributed by atoms with Crippen molar-refractivity contribution in [1.29, 1.82) is 0 Å². The number of likely N-dealkylation sites (tertiary alicyclic amines) is 1. The van der Waals surface area contributed by atoms with Crippen LogP contribution >= 0.6 is 0 Å². The molecule has 4 N–H and O–H groups in total. The first-order chi connectivity index (χ1) is 6.18. The zero-order valence-corrected chi connectivity index (χ0v) is 8.34. The van der Waals surface area contributed by atoms with E-state index in [-0.39, 0.29) is 5.54 Å². The molecule has 1 heterocycles. The maximum atomic E-state index is 6.04. The first-order valence-electron chi connectivity index (χ1n) is 5.45. The van der Waals surface area contributed by atoms with Crippen molar-refractivity contribution >= 4 is 0 Å². The summed E-state index contributed by atoms with van der Waals surface area (Å²) in [5.74, 6) is 0. The summed E-state index contributed by atoms with van der Waals surface area (Å²) in [5, 5.41) is 0. The Kier molecular flexibility index (Phi) is 2.58. The smallest absolute Gasteiger partial charge is 0.0168 e. The van der Waals surface area contributed by atoms with Crippen molar-refractivity contribution in [3.8, 4) is 0 Å². The molecule has 1 saturated heterocycles. The number of piperidine rings is 1. The summed E-state index contributed by atoms with van der Waals surface area (Å²) in [6.07, 6.45) is 6.09. The van der Waals surface area contributed by atoms with Crippen molar-refractivity contribution in [3.05, 3.63) is 0 Å². The van der Waals surface area contributed by atoms with Crippen LogP contribution in [0.3, 0.4) is 0 Å². The third kappa shape index (κ3) is 2.66. The fourth-order valence-electron chi connectivity index (χ4n) is 2.09. The third-order valence-electron chi connectivity index (χ3n) is 3.36. The lowest BCUT2D eigenvalue weighted by molar-refractivity contribution is 0.201. The lowest BCUT2D eigenvalue weighted by Crippen LogP contribution is -2.44. The molecular formula is C10H21N3. The second kappa shape index (κ2) is 3.56. The molecule has 0 amide bonds. The maximum Gasteiger partial charge on any atom is 0.0168 e. The Balaban J connectivity index is 1.68. The van der Waals surface area contributed by atoms with E-state index in [1.165, 1.54) is 38.6 Å². The SMILES string of the molecule is NC1CCCN(CCC2(N)CC2)C1. The molecule has 0 aromatic heterocycles. The summed E-state index contributed by atoms with van der Waals surface area (Å²) in [6.45, 7) is 3.46. The minimum atomic E-state index is 0.210. The summed E-state index contributed by atoms with van der Waals surface area (Å²) < 4.78 is 0. The van der Waals surface area contributed by atoms with E-state index in [1.54, 1.807) is 0 Å². The zero-order chi connectivity index (χ0) is 9.31. The number of nitrogens with zero attached hydrogens (tertiary/aromatic N) is 1. The first-order valence-corrected chi connectivity index (χ1v) is 5.45. The molecule has 2 fully saturated rings. The summed E-state index contributed by atoms with van der Waals surface area (Å²) >= 11 is 0. The van der Waals surface area contributed by atoms with E-state index < -0.39 is 0 Å². The fraction of sp³-hybridized carbons (Fsp3) is 1.00. The predicted octanol–water partition coefficient (Wildman–Crippen LogP) is 0.291. The molecule has 1 atom stereocenters. The van der Waals surface area contributed by atoms with Gasteiger partial charge < -0.3 is 16.4 Å². The van der Waals surface area contributed by atoms with Gasteiger partial charge in [0.25, 0.3) is 0 Å². The van der Waals surface area contributed by atoms with Gasteiger partial charge in [0.05, 0.1) is 0 Å². The summed E-state index contributed by atoms with van der Waals surface area (Å²) in [7, 11) is 0. The van der Waals surface area contributed by atoms with Crippen LogP contribution in [0.1, 0.15) is 32.1 Å². The highest BCUT2D eigenvalue weighted by Crippen LogP contribution is 2.35. The van der Waals surface area contributed by atoms with Gasteiger partial charge in [-0.15, -0.1) is 0 Å². The molecule has 0 radical (unpaired) electrons. The van der Waals surface area contributed by atoms with E-state index >= 15 is 0 Å². The monoisotopic (exact) mass is 183 g/mol. The summed E-state index contributed by atoms with van der Waals surface area (Å²) in [6, 6.07) is 0.404. The zero-order valence-electron chi connectivity index (χ0n) is 8.34. The molecule has 1 saturated carbocycles. The van der Waals surface area contributed by atoms with Crippen molar-refractivity contribution in [2.45, 2.75) is 43.7 Å². The summed E-state index contributed by atoms with van der Waals surface area (Å²) in [4.78, 5) is 2.47. The Morgan fingerprint density at radius 2 is 2.15 bits per heavy atom. The van der Waals surface area contributed by atoms with Gasteiger partial charge in [-0.1, -0.05) is 0 Å². The molecule has 3 heteroatoms. The van der Waals surface area contributed by atoms with Gasteiger partial charge in [-0.25, -0.2) is 0 Å². The van der Waals surface area contributed by atoms with E-state index in [0.717, 1.165) is 13.1 Å². The van der Waals surface area contributed by atoms with Crippen molar-refractivity contribution in [2.75, 3.05) is 19.6 Å². The average molecular weight is 183 g/mol. The second-order valence-corrected chi connectivity index (χ2v) is 4.82. The highest BCUT2D eigenvalue weighted by atomic mass is 15.1. The van der Waals surface area contributed by atoms with E-state index in [2.05, 4.69) is 4.90 Å². The van der Waals surface area contributed by atoms with Crippen LogP contribution in [0.5, 0.6) is 0 Å². The largest absolute Gasteiger partial charge is 0.327 e. The van der Waals surface area contributed by atoms with Gasteiger partial charge >= 0.3 is 0 Å². The molecular weight excluding hydrogens is 162 g/mol. The standard InChI is InChI=1S/C10H21N3/c11-9-2-1-6-13(8-9)7-5-10(12)3-4-10/h9H,1-8,11-12H2. The van der Waals surface area contributed by atoms with Crippen LogP contribution in [0.15, 0.2) is 0 Å². The molecule has 0 aromatic rings. The van der Waals surface area contributed by atoms with Crippen molar-refractivity contribution in [3.63, 3.8) is 0 Å². The van der Waals surface area contributed by atoms with Gasteiger partial charge in [-0.2, -0.15) is 0 Å². The molecule has 1 aliphatic heterocycles. The quantitative estimate of drug-likeness (QED) is 0.661. The Labute approximate surface area is 80.5 Å². The highest BCUT2D eigenvalue weighted by Gasteiger charge is 2.37. The predicted molar refractivity (Wildman–Crippen MR) is 54.4 cm³/mol. The summed E-state index contributed by atoms with van der Waals surface area (Å²) in [5.41, 5.74) is 12.2. The van der Waals surface area contributed by atoms with Crippen molar-refractivity contribution in [1.82, 2.24) is 4.90 Å². The van der Waals surface area contributed by atoms with Gasteiger partial charge in [0.1, 0.15) is 0 Å². The Morgan fingerprint density at radius 1 is 1.38 bits per heavy atom. The van der Waals surface area contributed by atoms with Crippen LogP contribution in [-0.2, 0) is 0 Å². The maximum absolute atomic E-state index is 6.04. The Hall–Kier alpha value is -0.120. The number of hydrogen-bond acceptors (Lipinski definition) is 3. The molecule has 1 unspecified atom stereocenters. The second-order valence-electron chi connectivity index (χ2n) is 4.82.